The largest absolute Gasteiger partial charge is 0.326 e. The Kier molecular flexibility index (Phi) is 3.76. The SMILES string of the molecule is Cl.NCc1ccc2c(c1)CCCC2. The lowest BCUT2D eigenvalue weighted by molar-refractivity contribution is 0.684. The number of hydrogen-bond donors (Lipinski definition) is 1. The molecule has 0 amide bonds. The Morgan fingerprint density at radius 2 is 1.77 bits per heavy atom. The third kappa shape index (κ3) is 2.23. The van der Waals surface area contributed by atoms with Crippen LogP contribution in [-0.4, -0.2) is 0 Å². The summed E-state index contributed by atoms with van der Waals surface area (Å²) >= 11 is 0. The average molecular weight is 198 g/mol. The molecule has 0 atom stereocenters. The van der Waals surface area contributed by atoms with Gasteiger partial charge in [0, 0.05) is 6.54 Å². The van der Waals surface area contributed by atoms with Crippen LogP contribution >= 0.6 is 12.4 Å². The number of halogens is 1. The topological polar surface area (TPSA) is 26.0 Å². The highest BCUT2D eigenvalue weighted by Crippen LogP contribution is 2.21. The second-order valence-corrected chi connectivity index (χ2v) is 3.51. The van der Waals surface area contributed by atoms with Gasteiger partial charge in [-0.3, -0.25) is 0 Å². The van der Waals surface area contributed by atoms with E-state index in [0.29, 0.717) is 6.54 Å². The van der Waals surface area contributed by atoms with E-state index in [1.807, 2.05) is 0 Å². The molecule has 0 saturated heterocycles. The summed E-state index contributed by atoms with van der Waals surface area (Å²) in [6.45, 7) is 0.674. The summed E-state index contributed by atoms with van der Waals surface area (Å²) in [6, 6.07) is 6.68. The summed E-state index contributed by atoms with van der Waals surface area (Å²) in [5, 5.41) is 0. The van der Waals surface area contributed by atoms with E-state index < -0.39 is 0 Å². The van der Waals surface area contributed by atoms with Crippen LogP contribution < -0.4 is 5.73 Å². The highest BCUT2D eigenvalue weighted by molar-refractivity contribution is 5.85. The van der Waals surface area contributed by atoms with Gasteiger partial charge in [0.05, 0.1) is 0 Å². The Bertz CT molecular complexity index is 283. The van der Waals surface area contributed by atoms with Crippen LogP contribution in [0.1, 0.15) is 29.5 Å². The smallest absolute Gasteiger partial charge is 0.0178 e. The maximum absolute atomic E-state index is 5.58. The molecule has 1 aliphatic rings. The fraction of sp³-hybridized carbons (Fsp3) is 0.455. The van der Waals surface area contributed by atoms with Gasteiger partial charge in [0.25, 0.3) is 0 Å². The number of hydrogen-bond acceptors (Lipinski definition) is 1. The molecule has 0 radical (unpaired) electrons. The second kappa shape index (κ2) is 4.64. The van der Waals surface area contributed by atoms with Gasteiger partial charge in [-0.25, -0.2) is 0 Å². The zero-order valence-corrected chi connectivity index (χ0v) is 8.57. The summed E-state index contributed by atoms with van der Waals surface area (Å²) in [5.41, 5.74) is 9.93. The average Bonchev–Trinajstić information content (AvgIpc) is 2.17. The summed E-state index contributed by atoms with van der Waals surface area (Å²) in [6.07, 6.45) is 5.22. The molecule has 72 valence electrons. The molecule has 0 unspecified atom stereocenters. The first kappa shape index (κ1) is 10.6. The molecule has 1 nitrogen and oxygen atoms in total. The monoisotopic (exact) mass is 197 g/mol. The Morgan fingerprint density at radius 3 is 2.46 bits per heavy atom. The van der Waals surface area contributed by atoms with Crippen LogP contribution in [0.5, 0.6) is 0 Å². The molecule has 0 fully saturated rings. The molecule has 13 heavy (non-hydrogen) atoms. The minimum absolute atomic E-state index is 0. The lowest BCUT2D eigenvalue weighted by Crippen LogP contribution is -2.04. The van der Waals surface area contributed by atoms with E-state index in [4.69, 9.17) is 5.73 Å². The van der Waals surface area contributed by atoms with Crippen LogP contribution in [0, 0.1) is 0 Å². The summed E-state index contributed by atoms with van der Waals surface area (Å²) in [7, 11) is 0. The van der Waals surface area contributed by atoms with Crippen molar-refractivity contribution in [1.82, 2.24) is 0 Å². The normalized spacial score (nSPS) is 14.5. The van der Waals surface area contributed by atoms with Gasteiger partial charge in [-0.2, -0.15) is 0 Å². The lowest BCUT2D eigenvalue weighted by Gasteiger charge is -2.15. The molecular weight excluding hydrogens is 182 g/mol. The van der Waals surface area contributed by atoms with Gasteiger partial charge in [0.1, 0.15) is 0 Å². The molecule has 0 heterocycles. The molecule has 2 N–H and O–H groups in total. The predicted octanol–water partition coefficient (Wildman–Crippen LogP) is 2.45. The molecule has 0 aromatic heterocycles. The van der Waals surface area contributed by atoms with Crippen molar-refractivity contribution in [2.45, 2.75) is 32.2 Å². The minimum atomic E-state index is 0. The molecular formula is C11H16ClN. The number of benzene rings is 1. The van der Waals surface area contributed by atoms with Crippen molar-refractivity contribution in [3.63, 3.8) is 0 Å². The molecule has 0 saturated carbocycles. The Hall–Kier alpha value is -0.530. The van der Waals surface area contributed by atoms with Crippen LogP contribution in [0.15, 0.2) is 18.2 Å². The number of rotatable bonds is 1. The third-order valence-electron chi connectivity index (χ3n) is 2.65. The zero-order chi connectivity index (χ0) is 8.39. The van der Waals surface area contributed by atoms with Gasteiger partial charge >= 0.3 is 0 Å². The van der Waals surface area contributed by atoms with E-state index in [2.05, 4.69) is 18.2 Å². The highest BCUT2D eigenvalue weighted by atomic mass is 35.5. The first-order valence-corrected chi connectivity index (χ1v) is 4.71. The van der Waals surface area contributed by atoms with Crippen molar-refractivity contribution >= 4 is 12.4 Å². The first-order valence-electron chi connectivity index (χ1n) is 4.71. The maximum atomic E-state index is 5.58. The zero-order valence-electron chi connectivity index (χ0n) is 7.75. The fourth-order valence-electron chi connectivity index (χ4n) is 1.91. The Labute approximate surface area is 85.7 Å². The lowest BCUT2D eigenvalue weighted by atomic mass is 9.90. The molecule has 0 bridgehead atoms. The van der Waals surface area contributed by atoms with E-state index in [0.717, 1.165) is 0 Å². The van der Waals surface area contributed by atoms with Crippen LogP contribution in [0.2, 0.25) is 0 Å². The number of fused-ring (bicyclic) bond motifs is 1. The van der Waals surface area contributed by atoms with Crippen molar-refractivity contribution in [3.8, 4) is 0 Å². The number of aryl methyl sites for hydroxylation is 2. The molecule has 1 aromatic carbocycles. The van der Waals surface area contributed by atoms with Crippen molar-refractivity contribution < 1.29 is 0 Å². The molecule has 1 aliphatic carbocycles. The van der Waals surface area contributed by atoms with Gasteiger partial charge in [-0.1, -0.05) is 18.2 Å². The summed E-state index contributed by atoms with van der Waals surface area (Å²) < 4.78 is 0. The van der Waals surface area contributed by atoms with E-state index in [1.165, 1.54) is 36.8 Å². The van der Waals surface area contributed by atoms with Crippen LogP contribution in [0.3, 0.4) is 0 Å². The molecule has 2 rings (SSSR count). The Balaban J connectivity index is 0.000000845. The van der Waals surface area contributed by atoms with Crippen molar-refractivity contribution in [3.05, 3.63) is 34.9 Å². The fourth-order valence-corrected chi connectivity index (χ4v) is 1.91. The van der Waals surface area contributed by atoms with Crippen LogP contribution in [-0.2, 0) is 19.4 Å². The summed E-state index contributed by atoms with van der Waals surface area (Å²) in [5.74, 6) is 0. The van der Waals surface area contributed by atoms with Crippen LogP contribution in [0.4, 0.5) is 0 Å². The molecule has 0 spiro atoms. The molecule has 2 heteroatoms. The van der Waals surface area contributed by atoms with E-state index in [1.54, 1.807) is 5.56 Å². The van der Waals surface area contributed by atoms with Gasteiger partial charge in [0.2, 0.25) is 0 Å². The van der Waals surface area contributed by atoms with Crippen molar-refractivity contribution in [1.29, 1.82) is 0 Å². The first-order chi connectivity index (χ1) is 5.90. The Morgan fingerprint density at radius 1 is 1.08 bits per heavy atom. The molecule has 1 aromatic rings. The van der Waals surface area contributed by atoms with E-state index in [9.17, 15) is 0 Å². The quantitative estimate of drug-likeness (QED) is 0.736. The predicted molar refractivity (Wildman–Crippen MR) is 58.2 cm³/mol. The highest BCUT2D eigenvalue weighted by Gasteiger charge is 2.08. The van der Waals surface area contributed by atoms with Crippen LogP contribution in [0.25, 0.3) is 0 Å². The van der Waals surface area contributed by atoms with E-state index in [-0.39, 0.29) is 12.4 Å². The number of nitrogens with two attached hydrogens (primary N) is 1. The standard InChI is InChI=1S/C11H15N.ClH/c12-8-9-5-6-10-3-1-2-4-11(10)7-9;/h5-7H,1-4,8,12H2;1H. The molecule has 0 aliphatic heterocycles. The minimum Gasteiger partial charge on any atom is -0.326 e. The van der Waals surface area contributed by atoms with Crippen molar-refractivity contribution in [2.75, 3.05) is 0 Å². The van der Waals surface area contributed by atoms with Gasteiger partial charge < -0.3 is 5.73 Å². The maximum Gasteiger partial charge on any atom is 0.0178 e. The van der Waals surface area contributed by atoms with Gasteiger partial charge in [-0.05, 0) is 42.4 Å². The second-order valence-electron chi connectivity index (χ2n) is 3.51. The van der Waals surface area contributed by atoms with E-state index >= 15 is 0 Å². The van der Waals surface area contributed by atoms with Gasteiger partial charge in [0.15, 0.2) is 0 Å². The van der Waals surface area contributed by atoms with Gasteiger partial charge in [-0.15, -0.1) is 12.4 Å². The third-order valence-corrected chi connectivity index (χ3v) is 2.65. The van der Waals surface area contributed by atoms with Crippen molar-refractivity contribution in [2.24, 2.45) is 5.73 Å². The summed E-state index contributed by atoms with van der Waals surface area (Å²) in [4.78, 5) is 0.